The van der Waals surface area contributed by atoms with Gasteiger partial charge in [0.15, 0.2) is 0 Å². The quantitative estimate of drug-likeness (QED) is 0.746. The zero-order valence-electron chi connectivity index (χ0n) is 10.4. The van der Waals surface area contributed by atoms with E-state index in [4.69, 9.17) is 5.26 Å². The Balaban J connectivity index is 2.62. The van der Waals surface area contributed by atoms with Crippen molar-refractivity contribution in [3.8, 4) is 6.07 Å². The summed E-state index contributed by atoms with van der Waals surface area (Å²) in [5.41, 5.74) is 1.06. The number of carbonyl (C=O) groups is 1. The van der Waals surface area contributed by atoms with E-state index in [-0.39, 0.29) is 12.4 Å². The zero-order chi connectivity index (χ0) is 13.5. The number of esters is 1. The van der Waals surface area contributed by atoms with Crippen LogP contribution in [0.1, 0.15) is 17.5 Å². The number of ether oxygens (including phenoxy) is 1. The molecule has 5 heteroatoms. The molecule has 0 saturated heterocycles. The third-order valence-corrected chi connectivity index (χ3v) is 2.56. The number of methoxy groups -OCH3 is 1. The number of nitrogens with zero attached hydrogens (tertiary/aromatic N) is 2. The van der Waals surface area contributed by atoms with E-state index < -0.39 is 5.82 Å². The molecule has 18 heavy (non-hydrogen) atoms. The van der Waals surface area contributed by atoms with Crippen LogP contribution in [0.4, 0.5) is 4.39 Å². The van der Waals surface area contributed by atoms with E-state index in [9.17, 15) is 9.18 Å². The average molecular weight is 250 g/mol. The van der Waals surface area contributed by atoms with E-state index in [0.29, 0.717) is 18.7 Å². The molecule has 0 aliphatic rings. The highest BCUT2D eigenvalue weighted by Crippen LogP contribution is 2.12. The molecule has 96 valence electrons. The smallest absolute Gasteiger partial charge is 0.306 e. The van der Waals surface area contributed by atoms with E-state index in [1.807, 2.05) is 18.0 Å². The van der Waals surface area contributed by atoms with Gasteiger partial charge in [0.1, 0.15) is 5.82 Å². The number of hydrogen-bond acceptors (Lipinski definition) is 4. The fraction of sp³-hybridized carbons (Fsp3) is 0.385. The van der Waals surface area contributed by atoms with Crippen molar-refractivity contribution < 1.29 is 13.9 Å². The zero-order valence-corrected chi connectivity index (χ0v) is 10.4. The van der Waals surface area contributed by atoms with E-state index in [1.54, 1.807) is 6.07 Å². The van der Waals surface area contributed by atoms with Crippen LogP contribution < -0.4 is 0 Å². The molecule has 0 saturated carbocycles. The molecule has 0 fully saturated rings. The third-order valence-electron chi connectivity index (χ3n) is 2.56. The molecule has 0 aromatic heterocycles. The second-order valence-corrected chi connectivity index (χ2v) is 3.98. The van der Waals surface area contributed by atoms with Crippen LogP contribution in [-0.2, 0) is 16.1 Å². The van der Waals surface area contributed by atoms with Crippen LogP contribution in [-0.4, -0.2) is 31.6 Å². The van der Waals surface area contributed by atoms with Gasteiger partial charge in [-0.3, -0.25) is 4.79 Å². The van der Waals surface area contributed by atoms with Gasteiger partial charge in [0, 0.05) is 13.1 Å². The largest absolute Gasteiger partial charge is 0.469 e. The van der Waals surface area contributed by atoms with E-state index in [0.717, 1.165) is 5.56 Å². The Kier molecular flexibility index (Phi) is 5.28. The summed E-state index contributed by atoms with van der Waals surface area (Å²) in [6, 6.07) is 6.08. The van der Waals surface area contributed by atoms with Crippen LogP contribution in [0.5, 0.6) is 0 Å². The van der Waals surface area contributed by atoms with Crippen molar-refractivity contribution in [3.05, 3.63) is 35.1 Å². The van der Waals surface area contributed by atoms with E-state index >= 15 is 0 Å². The van der Waals surface area contributed by atoms with Crippen molar-refractivity contribution in [1.29, 1.82) is 5.26 Å². The van der Waals surface area contributed by atoms with E-state index in [2.05, 4.69) is 4.74 Å². The Labute approximate surface area is 106 Å². The van der Waals surface area contributed by atoms with Crippen LogP contribution in [0.25, 0.3) is 0 Å². The van der Waals surface area contributed by atoms with Gasteiger partial charge >= 0.3 is 5.97 Å². The standard InChI is InChI=1S/C13H15FN2O2/c1-16(6-5-13(17)18-2)9-10-3-4-12(14)7-11(10)8-15/h3-4,7H,5-6,9H2,1-2H3. The lowest BCUT2D eigenvalue weighted by Crippen LogP contribution is -2.22. The van der Waals surface area contributed by atoms with E-state index in [1.165, 1.54) is 19.2 Å². The Morgan fingerprint density at radius 2 is 2.28 bits per heavy atom. The van der Waals surface area contributed by atoms with Gasteiger partial charge in [-0.05, 0) is 24.7 Å². The molecule has 1 rings (SSSR count). The van der Waals surface area contributed by atoms with Crippen molar-refractivity contribution in [3.63, 3.8) is 0 Å². The lowest BCUT2D eigenvalue weighted by molar-refractivity contribution is -0.140. The summed E-state index contributed by atoms with van der Waals surface area (Å²) in [5.74, 6) is -0.700. The van der Waals surface area contributed by atoms with Crippen molar-refractivity contribution in [2.24, 2.45) is 0 Å². The van der Waals surface area contributed by atoms with Crippen LogP contribution in [0.15, 0.2) is 18.2 Å². The number of benzene rings is 1. The van der Waals surface area contributed by atoms with Crippen molar-refractivity contribution in [1.82, 2.24) is 4.90 Å². The number of nitriles is 1. The first-order valence-corrected chi connectivity index (χ1v) is 5.50. The number of rotatable bonds is 5. The summed E-state index contributed by atoms with van der Waals surface area (Å²) in [7, 11) is 3.17. The SMILES string of the molecule is COC(=O)CCN(C)Cc1ccc(F)cc1C#N. The highest BCUT2D eigenvalue weighted by atomic mass is 19.1. The first-order chi connectivity index (χ1) is 8.56. The van der Waals surface area contributed by atoms with Gasteiger partial charge in [0.05, 0.1) is 25.2 Å². The minimum Gasteiger partial charge on any atom is -0.469 e. The molecule has 0 heterocycles. The van der Waals surface area contributed by atoms with Gasteiger partial charge in [-0.1, -0.05) is 6.07 Å². The number of hydrogen-bond donors (Lipinski definition) is 0. The molecule has 0 unspecified atom stereocenters. The molecular weight excluding hydrogens is 235 g/mol. The molecule has 0 atom stereocenters. The first kappa shape index (κ1) is 14.1. The molecule has 0 aliphatic heterocycles. The molecule has 1 aromatic rings. The lowest BCUT2D eigenvalue weighted by Gasteiger charge is -2.16. The summed E-state index contributed by atoms with van der Waals surface area (Å²) < 4.78 is 17.5. The van der Waals surface area contributed by atoms with Crippen LogP contribution in [0, 0.1) is 17.1 Å². The molecule has 4 nitrogen and oxygen atoms in total. The fourth-order valence-electron chi connectivity index (χ4n) is 1.54. The Morgan fingerprint density at radius 3 is 2.89 bits per heavy atom. The minimum absolute atomic E-state index is 0.276. The third kappa shape index (κ3) is 4.15. The molecule has 0 amide bonds. The van der Waals surface area contributed by atoms with Gasteiger partial charge in [0.25, 0.3) is 0 Å². The summed E-state index contributed by atoms with van der Waals surface area (Å²) in [6.45, 7) is 1.01. The van der Waals surface area contributed by atoms with Gasteiger partial charge in [-0.2, -0.15) is 5.26 Å². The summed E-state index contributed by atoms with van der Waals surface area (Å²) >= 11 is 0. The van der Waals surface area contributed by atoms with Crippen LogP contribution >= 0.6 is 0 Å². The number of halogens is 1. The molecule has 0 N–H and O–H groups in total. The first-order valence-electron chi connectivity index (χ1n) is 5.50. The van der Waals surface area contributed by atoms with Crippen molar-refractivity contribution in [2.45, 2.75) is 13.0 Å². The van der Waals surface area contributed by atoms with Crippen LogP contribution in [0.2, 0.25) is 0 Å². The monoisotopic (exact) mass is 250 g/mol. The summed E-state index contributed by atoms with van der Waals surface area (Å²) in [5, 5.41) is 8.90. The minimum atomic E-state index is -0.424. The average Bonchev–Trinajstić information content (AvgIpc) is 2.37. The topological polar surface area (TPSA) is 53.3 Å². The predicted molar refractivity (Wildman–Crippen MR) is 64.1 cm³/mol. The van der Waals surface area contributed by atoms with Crippen LogP contribution in [0.3, 0.4) is 0 Å². The van der Waals surface area contributed by atoms with Gasteiger partial charge in [-0.25, -0.2) is 4.39 Å². The maximum absolute atomic E-state index is 12.9. The van der Waals surface area contributed by atoms with Crippen molar-refractivity contribution in [2.75, 3.05) is 20.7 Å². The second kappa shape index (κ2) is 6.72. The van der Waals surface area contributed by atoms with Gasteiger partial charge < -0.3 is 9.64 Å². The highest BCUT2D eigenvalue weighted by molar-refractivity contribution is 5.69. The number of carbonyl (C=O) groups excluding carboxylic acids is 1. The van der Waals surface area contributed by atoms with Crippen molar-refractivity contribution >= 4 is 5.97 Å². The molecule has 1 aromatic carbocycles. The fourth-order valence-corrected chi connectivity index (χ4v) is 1.54. The maximum Gasteiger partial charge on any atom is 0.306 e. The molecule has 0 aliphatic carbocycles. The molecule has 0 radical (unpaired) electrons. The highest BCUT2D eigenvalue weighted by Gasteiger charge is 2.08. The second-order valence-electron chi connectivity index (χ2n) is 3.98. The molecule has 0 bridgehead atoms. The molecular formula is C13H15FN2O2. The maximum atomic E-state index is 12.9. The Bertz CT molecular complexity index is 469. The Morgan fingerprint density at radius 1 is 1.56 bits per heavy atom. The summed E-state index contributed by atoms with van der Waals surface area (Å²) in [4.78, 5) is 12.9. The summed E-state index contributed by atoms with van der Waals surface area (Å²) in [6.07, 6.45) is 0.288. The molecule has 0 spiro atoms. The predicted octanol–water partition coefficient (Wildman–Crippen LogP) is 1.69. The lowest BCUT2D eigenvalue weighted by atomic mass is 10.1. The normalized spacial score (nSPS) is 10.2. The van der Waals surface area contributed by atoms with Gasteiger partial charge in [-0.15, -0.1) is 0 Å². The Hall–Kier alpha value is -1.93. The van der Waals surface area contributed by atoms with Gasteiger partial charge in [0.2, 0.25) is 0 Å².